The summed E-state index contributed by atoms with van der Waals surface area (Å²) in [5.74, 6) is 0. The van der Waals surface area contributed by atoms with E-state index in [-0.39, 0.29) is 11.5 Å². The molecule has 0 amide bonds. The van der Waals surface area contributed by atoms with Crippen molar-refractivity contribution in [3.63, 3.8) is 0 Å². The largest absolute Gasteiger partial charge is 0.297 e. The van der Waals surface area contributed by atoms with Crippen LogP contribution in [0.1, 0.15) is 16.8 Å². The number of fused-ring (bicyclic) bond motifs is 1. The molecule has 0 saturated carbocycles. The zero-order chi connectivity index (χ0) is 20.4. The molecule has 0 unspecified atom stereocenters. The first-order valence-electron chi connectivity index (χ1n) is 9.34. The van der Waals surface area contributed by atoms with Crippen LogP contribution in [0.25, 0.3) is 22.0 Å². The lowest BCUT2D eigenvalue weighted by atomic mass is 10.0. The zero-order valence-corrected chi connectivity index (χ0v) is 17.1. The summed E-state index contributed by atoms with van der Waals surface area (Å²) in [6, 6.07) is 24.5. The van der Waals surface area contributed by atoms with Gasteiger partial charge >= 0.3 is 0 Å². The standard InChI is InChI=1S/C24H21NO3S/c1-17-7-11-19(12-8-17)23-15-20-5-3-4-6-22(20)24(25-23)16-28-29(26,27)21-13-9-18(2)10-14-21/h3-15H,16H2,1-2H3. The molecule has 29 heavy (non-hydrogen) atoms. The molecule has 4 aromatic rings. The van der Waals surface area contributed by atoms with Crippen molar-refractivity contribution >= 4 is 20.9 Å². The van der Waals surface area contributed by atoms with E-state index in [0.29, 0.717) is 5.69 Å². The normalized spacial score (nSPS) is 11.7. The summed E-state index contributed by atoms with van der Waals surface area (Å²) in [5, 5.41) is 1.87. The average Bonchev–Trinajstić information content (AvgIpc) is 2.73. The highest BCUT2D eigenvalue weighted by molar-refractivity contribution is 7.86. The molecule has 0 aliphatic heterocycles. The number of hydrogen-bond donors (Lipinski definition) is 0. The van der Waals surface area contributed by atoms with Crippen molar-refractivity contribution in [2.45, 2.75) is 25.3 Å². The SMILES string of the molecule is Cc1ccc(-c2cc3ccccc3c(COS(=O)(=O)c3ccc(C)cc3)n2)cc1. The van der Waals surface area contributed by atoms with Gasteiger partial charge < -0.3 is 0 Å². The first-order chi connectivity index (χ1) is 13.9. The lowest BCUT2D eigenvalue weighted by molar-refractivity contribution is 0.305. The fourth-order valence-electron chi connectivity index (χ4n) is 3.16. The van der Waals surface area contributed by atoms with E-state index in [4.69, 9.17) is 9.17 Å². The molecule has 1 heterocycles. The van der Waals surface area contributed by atoms with E-state index in [9.17, 15) is 8.42 Å². The van der Waals surface area contributed by atoms with Crippen LogP contribution in [-0.2, 0) is 20.9 Å². The molecule has 0 bridgehead atoms. The van der Waals surface area contributed by atoms with Crippen molar-refractivity contribution < 1.29 is 12.6 Å². The molecule has 1 aromatic heterocycles. The minimum absolute atomic E-state index is 0.129. The van der Waals surface area contributed by atoms with Crippen molar-refractivity contribution in [3.8, 4) is 11.3 Å². The molecule has 0 aliphatic rings. The molecule has 0 atom stereocenters. The zero-order valence-electron chi connectivity index (χ0n) is 16.3. The van der Waals surface area contributed by atoms with Gasteiger partial charge in [-0.05, 0) is 37.4 Å². The van der Waals surface area contributed by atoms with Crippen LogP contribution in [0.15, 0.2) is 83.8 Å². The minimum atomic E-state index is -3.87. The quantitative estimate of drug-likeness (QED) is 0.417. The minimum Gasteiger partial charge on any atom is -0.260 e. The molecule has 0 saturated heterocycles. The second-order valence-electron chi connectivity index (χ2n) is 7.07. The topological polar surface area (TPSA) is 56.3 Å². The summed E-state index contributed by atoms with van der Waals surface area (Å²) >= 11 is 0. The fourth-order valence-corrected chi connectivity index (χ4v) is 4.03. The van der Waals surface area contributed by atoms with Gasteiger partial charge in [0.15, 0.2) is 0 Å². The molecule has 0 N–H and O–H groups in total. The van der Waals surface area contributed by atoms with Gasteiger partial charge in [0.25, 0.3) is 10.1 Å². The highest BCUT2D eigenvalue weighted by atomic mass is 32.2. The Kier molecular flexibility index (Phi) is 5.18. The summed E-state index contributed by atoms with van der Waals surface area (Å²) < 4.78 is 30.6. The lowest BCUT2D eigenvalue weighted by Crippen LogP contribution is -2.08. The van der Waals surface area contributed by atoms with Crippen molar-refractivity contribution in [2.24, 2.45) is 0 Å². The fraction of sp³-hybridized carbons (Fsp3) is 0.125. The van der Waals surface area contributed by atoms with Gasteiger partial charge in [-0.1, -0.05) is 71.8 Å². The summed E-state index contributed by atoms with van der Waals surface area (Å²) in [4.78, 5) is 4.86. The molecule has 146 valence electrons. The molecule has 5 heteroatoms. The molecule has 0 radical (unpaired) electrons. The summed E-state index contributed by atoms with van der Waals surface area (Å²) in [7, 11) is -3.87. The smallest absolute Gasteiger partial charge is 0.260 e. The number of rotatable bonds is 5. The Morgan fingerprint density at radius 2 is 1.45 bits per heavy atom. The van der Waals surface area contributed by atoms with Gasteiger partial charge in [-0.25, -0.2) is 4.98 Å². The lowest BCUT2D eigenvalue weighted by Gasteiger charge is -2.11. The summed E-state index contributed by atoms with van der Waals surface area (Å²) in [5.41, 5.74) is 4.51. The van der Waals surface area contributed by atoms with Crippen LogP contribution in [0.4, 0.5) is 0 Å². The number of pyridine rings is 1. The average molecular weight is 404 g/mol. The van der Waals surface area contributed by atoms with Gasteiger partial charge in [0.2, 0.25) is 0 Å². The van der Waals surface area contributed by atoms with E-state index >= 15 is 0 Å². The van der Waals surface area contributed by atoms with Crippen LogP contribution in [0, 0.1) is 13.8 Å². The second-order valence-corrected chi connectivity index (χ2v) is 8.69. The van der Waals surface area contributed by atoms with Crippen molar-refractivity contribution in [1.29, 1.82) is 0 Å². The van der Waals surface area contributed by atoms with E-state index in [2.05, 4.69) is 0 Å². The number of aryl methyl sites for hydroxylation is 2. The van der Waals surface area contributed by atoms with Gasteiger partial charge in [0.05, 0.1) is 16.3 Å². The van der Waals surface area contributed by atoms with Crippen LogP contribution in [-0.4, -0.2) is 13.4 Å². The van der Waals surface area contributed by atoms with Gasteiger partial charge in [-0.15, -0.1) is 0 Å². The van der Waals surface area contributed by atoms with Crippen molar-refractivity contribution in [2.75, 3.05) is 0 Å². The maximum Gasteiger partial charge on any atom is 0.297 e. The highest BCUT2D eigenvalue weighted by Crippen LogP contribution is 2.26. The van der Waals surface area contributed by atoms with Gasteiger partial charge in [0.1, 0.15) is 6.61 Å². The van der Waals surface area contributed by atoms with E-state index in [1.807, 2.05) is 68.4 Å². The van der Waals surface area contributed by atoms with Crippen molar-refractivity contribution in [1.82, 2.24) is 4.98 Å². The monoisotopic (exact) mass is 403 g/mol. The van der Waals surface area contributed by atoms with Crippen LogP contribution < -0.4 is 0 Å². The predicted octanol–water partition coefficient (Wildman–Crippen LogP) is 5.42. The Labute approximate surface area is 170 Å². The van der Waals surface area contributed by atoms with Crippen LogP contribution in [0.5, 0.6) is 0 Å². The Hall–Kier alpha value is -3.02. The van der Waals surface area contributed by atoms with Crippen molar-refractivity contribution in [3.05, 3.63) is 95.7 Å². The molecule has 0 aliphatic carbocycles. The van der Waals surface area contributed by atoms with Crippen LogP contribution in [0.2, 0.25) is 0 Å². The maximum atomic E-state index is 12.6. The Morgan fingerprint density at radius 3 is 2.14 bits per heavy atom. The molecule has 0 fully saturated rings. The summed E-state index contributed by atoms with van der Waals surface area (Å²) in [6.45, 7) is 3.81. The Bertz CT molecular complexity index is 1260. The molecular formula is C24H21NO3S. The van der Waals surface area contributed by atoms with Gasteiger partial charge in [-0.3, -0.25) is 4.18 Å². The number of hydrogen-bond acceptors (Lipinski definition) is 4. The van der Waals surface area contributed by atoms with Crippen LogP contribution in [0.3, 0.4) is 0 Å². The van der Waals surface area contributed by atoms with Gasteiger partial charge in [-0.2, -0.15) is 8.42 Å². The third-order valence-corrected chi connectivity index (χ3v) is 6.10. The highest BCUT2D eigenvalue weighted by Gasteiger charge is 2.17. The summed E-state index contributed by atoms with van der Waals surface area (Å²) in [6.07, 6.45) is 0. The van der Waals surface area contributed by atoms with E-state index in [0.717, 1.165) is 27.6 Å². The third-order valence-electron chi connectivity index (χ3n) is 4.83. The first-order valence-corrected chi connectivity index (χ1v) is 10.7. The van der Waals surface area contributed by atoms with Crippen LogP contribution >= 0.6 is 0 Å². The Morgan fingerprint density at radius 1 is 0.828 bits per heavy atom. The molecule has 4 rings (SSSR count). The number of nitrogens with zero attached hydrogens (tertiary/aromatic N) is 1. The molecule has 4 nitrogen and oxygen atoms in total. The Balaban J connectivity index is 1.70. The van der Waals surface area contributed by atoms with Gasteiger partial charge in [0, 0.05) is 10.9 Å². The van der Waals surface area contributed by atoms with E-state index < -0.39 is 10.1 Å². The van der Waals surface area contributed by atoms with E-state index in [1.54, 1.807) is 24.3 Å². The first kappa shape index (κ1) is 19.3. The maximum absolute atomic E-state index is 12.6. The molecule has 3 aromatic carbocycles. The predicted molar refractivity (Wildman–Crippen MR) is 115 cm³/mol. The second kappa shape index (κ2) is 7.78. The third kappa shape index (κ3) is 4.21. The molecular weight excluding hydrogens is 382 g/mol. The van der Waals surface area contributed by atoms with E-state index in [1.165, 1.54) is 5.56 Å². The number of benzene rings is 3. The molecule has 0 spiro atoms. The number of aromatic nitrogens is 1.